The molecule has 2 rings (SSSR count). The Morgan fingerprint density at radius 1 is 1.11 bits per heavy atom. The van der Waals surface area contributed by atoms with Crippen LogP contribution in [0.25, 0.3) is 11.3 Å². The number of sulfone groups is 1. The molecule has 0 N–H and O–H groups in total. The molecule has 0 fully saturated rings. The monoisotopic (exact) mass is 269 g/mol. The highest BCUT2D eigenvalue weighted by Crippen LogP contribution is 2.27. The van der Waals surface area contributed by atoms with E-state index in [9.17, 15) is 17.2 Å². The van der Waals surface area contributed by atoms with Gasteiger partial charge in [-0.3, -0.25) is 4.98 Å². The molecular formula is C12H9F2NO2S. The van der Waals surface area contributed by atoms with E-state index in [-0.39, 0.29) is 11.3 Å². The molecule has 1 aromatic carbocycles. The molecule has 0 aliphatic rings. The Bertz CT molecular complexity index is 685. The molecule has 3 nitrogen and oxygen atoms in total. The summed E-state index contributed by atoms with van der Waals surface area (Å²) in [5.41, 5.74) is 0.206. The Balaban J connectivity index is 2.74. The summed E-state index contributed by atoms with van der Waals surface area (Å²) in [6, 6.07) is 6.88. The average molecular weight is 269 g/mol. The predicted molar refractivity (Wildman–Crippen MR) is 62.7 cm³/mol. The zero-order valence-electron chi connectivity index (χ0n) is 9.39. The van der Waals surface area contributed by atoms with Crippen molar-refractivity contribution in [2.24, 2.45) is 0 Å². The highest BCUT2D eigenvalue weighted by Gasteiger charge is 2.23. The maximum absolute atomic E-state index is 14.1. The summed E-state index contributed by atoms with van der Waals surface area (Å²) in [7, 11) is -3.97. The number of benzene rings is 1. The molecule has 0 aliphatic heterocycles. The van der Waals surface area contributed by atoms with E-state index in [0.717, 1.165) is 12.3 Å². The van der Waals surface area contributed by atoms with E-state index < -0.39 is 26.4 Å². The molecule has 0 radical (unpaired) electrons. The van der Waals surface area contributed by atoms with Crippen LogP contribution in [0, 0.1) is 11.6 Å². The van der Waals surface area contributed by atoms with E-state index in [2.05, 4.69) is 4.98 Å². The van der Waals surface area contributed by atoms with Crippen LogP contribution in [0.5, 0.6) is 0 Å². The second-order valence-electron chi connectivity index (χ2n) is 3.73. The number of pyridine rings is 1. The zero-order chi connectivity index (χ0) is 13.3. The van der Waals surface area contributed by atoms with Crippen LogP contribution < -0.4 is 0 Å². The van der Waals surface area contributed by atoms with Crippen molar-refractivity contribution in [3.8, 4) is 11.3 Å². The molecule has 2 aromatic rings. The second kappa shape index (κ2) is 4.45. The standard InChI is InChI=1S/C12H9F2NO2S/c1-18(16,17)12-9(13)6-5-8(11(12)14)10-4-2-3-7-15-10/h2-7H,1H3. The number of halogens is 2. The fourth-order valence-electron chi connectivity index (χ4n) is 1.59. The quantitative estimate of drug-likeness (QED) is 0.841. The maximum Gasteiger partial charge on any atom is 0.181 e. The van der Waals surface area contributed by atoms with Crippen LogP contribution in [-0.4, -0.2) is 19.7 Å². The van der Waals surface area contributed by atoms with Crippen molar-refractivity contribution in [1.82, 2.24) is 4.98 Å². The van der Waals surface area contributed by atoms with Gasteiger partial charge in [-0.1, -0.05) is 6.07 Å². The third kappa shape index (κ3) is 2.24. The number of hydrogen-bond acceptors (Lipinski definition) is 3. The summed E-state index contributed by atoms with van der Waals surface area (Å²) in [5, 5.41) is 0. The normalized spacial score (nSPS) is 11.5. The van der Waals surface area contributed by atoms with Crippen molar-refractivity contribution < 1.29 is 17.2 Å². The summed E-state index contributed by atoms with van der Waals surface area (Å²) in [5.74, 6) is -2.22. The average Bonchev–Trinajstić information content (AvgIpc) is 2.28. The molecule has 0 bridgehead atoms. The molecule has 1 heterocycles. The van der Waals surface area contributed by atoms with Gasteiger partial charge in [0.1, 0.15) is 10.7 Å². The first-order valence-corrected chi connectivity index (χ1v) is 6.90. The molecule has 6 heteroatoms. The molecule has 0 saturated carbocycles. The smallest absolute Gasteiger partial charge is 0.181 e. The van der Waals surface area contributed by atoms with Gasteiger partial charge in [0.25, 0.3) is 0 Å². The van der Waals surface area contributed by atoms with Gasteiger partial charge in [0.05, 0.1) is 5.69 Å². The van der Waals surface area contributed by atoms with Crippen molar-refractivity contribution in [1.29, 1.82) is 0 Å². The Kier molecular flexibility index (Phi) is 3.13. The van der Waals surface area contributed by atoms with Gasteiger partial charge in [-0.2, -0.15) is 0 Å². The van der Waals surface area contributed by atoms with Gasteiger partial charge in [-0.15, -0.1) is 0 Å². The minimum atomic E-state index is -3.97. The highest BCUT2D eigenvalue weighted by atomic mass is 32.2. The van der Waals surface area contributed by atoms with Crippen molar-refractivity contribution >= 4 is 9.84 Å². The van der Waals surface area contributed by atoms with Gasteiger partial charge in [0.15, 0.2) is 15.7 Å². The molecule has 94 valence electrons. The molecule has 0 atom stereocenters. The van der Waals surface area contributed by atoms with E-state index in [1.165, 1.54) is 18.3 Å². The second-order valence-corrected chi connectivity index (χ2v) is 5.68. The van der Waals surface area contributed by atoms with Crippen molar-refractivity contribution in [2.45, 2.75) is 4.90 Å². The Labute approximate surface area is 103 Å². The first-order chi connectivity index (χ1) is 8.41. The van der Waals surface area contributed by atoms with Gasteiger partial charge < -0.3 is 0 Å². The molecule has 0 saturated heterocycles. The molecule has 0 spiro atoms. The molecular weight excluding hydrogens is 260 g/mol. The van der Waals surface area contributed by atoms with E-state index in [0.29, 0.717) is 0 Å². The van der Waals surface area contributed by atoms with Crippen LogP contribution >= 0.6 is 0 Å². The number of rotatable bonds is 2. The molecule has 0 aliphatic carbocycles. The number of hydrogen-bond donors (Lipinski definition) is 0. The van der Waals surface area contributed by atoms with Crippen molar-refractivity contribution in [2.75, 3.05) is 6.26 Å². The highest BCUT2D eigenvalue weighted by molar-refractivity contribution is 7.90. The molecule has 0 unspecified atom stereocenters. The summed E-state index contributed by atoms with van der Waals surface area (Å²) < 4.78 is 50.2. The van der Waals surface area contributed by atoms with Crippen LogP contribution in [0.4, 0.5) is 8.78 Å². The zero-order valence-corrected chi connectivity index (χ0v) is 10.2. The van der Waals surface area contributed by atoms with E-state index in [4.69, 9.17) is 0 Å². The topological polar surface area (TPSA) is 47.0 Å². The SMILES string of the molecule is CS(=O)(=O)c1c(F)ccc(-c2ccccn2)c1F. The lowest BCUT2D eigenvalue weighted by Crippen LogP contribution is -2.06. The van der Waals surface area contributed by atoms with Crippen LogP contribution in [0.15, 0.2) is 41.4 Å². The largest absolute Gasteiger partial charge is 0.256 e. The van der Waals surface area contributed by atoms with Gasteiger partial charge >= 0.3 is 0 Å². The lowest BCUT2D eigenvalue weighted by atomic mass is 10.1. The third-order valence-corrected chi connectivity index (χ3v) is 3.48. The minimum Gasteiger partial charge on any atom is -0.256 e. The molecule has 18 heavy (non-hydrogen) atoms. The van der Waals surface area contributed by atoms with Crippen LogP contribution in [0.1, 0.15) is 0 Å². The van der Waals surface area contributed by atoms with Crippen molar-refractivity contribution in [3.63, 3.8) is 0 Å². The Hall–Kier alpha value is -1.82. The summed E-state index contributed by atoms with van der Waals surface area (Å²) in [6.45, 7) is 0. The number of aromatic nitrogens is 1. The lowest BCUT2D eigenvalue weighted by Gasteiger charge is -2.07. The summed E-state index contributed by atoms with van der Waals surface area (Å²) in [6.07, 6.45) is 2.20. The van der Waals surface area contributed by atoms with Crippen LogP contribution in [0.3, 0.4) is 0 Å². The van der Waals surface area contributed by atoms with Gasteiger partial charge in [0, 0.05) is 18.0 Å². The third-order valence-electron chi connectivity index (χ3n) is 2.36. The molecule has 1 aromatic heterocycles. The van der Waals surface area contributed by atoms with Gasteiger partial charge in [0.2, 0.25) is 0 Å². The van der Waals surface area contributed by atoms with E-state index >= 15 is 0 Å². The van der Waals surface area contributed by atoms with Crippen LogP contribution in [-0.2, 0) is 9.84 Å². The minimum absolute atomic E-state index is 0.0441. The summed E-state index contributed by atoms with van der Waals surface area (Å²) in [4.78, 5) is 2.98. The van der Waals surface area contributed by atoms with Crippen molar-refractivity contribution in [3.05, 3.63) is 48.2 Å². The van der Waals surface area contributed by atoms with E-state index in [1.807, 2.05) is 0 Å². The Morgan fingerprint density at radius 3 is 2.39 bits per heavy atom. The first-order valence-electron chi connectivity index (χ1n) is 5.00. The Morgan fingerprint density at radius 2 is 1.83 bits per heavy atom. The fourth-order valence-corrected chi connectivity index (χ4v) is 2.45. The first kappa shape index (κ1) is 12.6. The predicted octanol–water partition coefficient (Wildman–Crippen LogP) is 2.43. The summed E-state index contributed by atoms with van der Waals surface area (Å²) >= 11 is 0. The number of nitrogens with zero attached hydrogens (tertiary/aromatic N) is 1. The van der Waals surface area contributed by atoms with E-state index in [1.54, 1.807) is 12.1 Å². The molecule has 0 amide bonds. The van der Waals surface area contributed by atoms with Gasteiger partial charge in [-0.05, 0) is 24.3 Å². The maximum atomic E-state index is 14.1. The fraction of sp³-hybridized carbons (Fsp3) is 0.0833. The van der Waals surface area contributed by atoms with Gasteiger partial charge in [-0.25, -0.2) is 17.2 Å². The van der Waals surface area contributed by atoms with Crippen LogP contribution in [0.2, 0.25) is 0 Å². The lowest BCUT2D eigenvalue weighted by molar-refractivity contribution is 0.523.